The largest absolute Gasteiger partial charge is 0.0911 e. The average molecular weight is 326 g/mol. The predicted octanol–water partition coefficient (Wildman–Crippen LogP) is 6.86. The molecule has 3 aromatic rings. The van der Waals surface area contributed by atoms with Crippen LogP contribution in [0, 0.1) is 5.92 Å². The van der Waals surface area contributed by atoms with Crippen molar-refractivity contribution in [3.05, 3.63) is 70.5 Å². The number of allylic oxidation sites excluding steroid dienone is 3. The van der Waals surface area contributed by atoms with Crippen molar-refractivity contribution in [3.63, 3.8) is 0 Å². The number of fused-ring (bicyclic) bond motifs is 2. The number of hydrogen-bond donors (Lipinski definition) is 0. The van der Waals surface area contributed by atoms with Crippen LogP contribution in [-0.2, 0) is 0 Å². The van der Waals surface area contributed by atoms with Crippen molar-refractivity contribution in [2.24, 2.45) is 5.92 Å². The van der Waals surface area contributed by atoms with E-state index in [1.807, 2.05) is 13.8 Å². The Morgan fingerprint density at radius 2 is 1.72 bits per heavy atom. The van der Waals surface area contributed by atoms with E-state index in [9.17, 15) is 0 Å². The summed E-state index contributed by atoms with van der Waals surface area (Å²) in [6.07, 6.45) is 13.3. The minimum Gasteiger partial charge on any atom is -0.0911 e. The lowest BCUT2D eigenvalue weighted by Gasteiger charge is -2.14. The van der Waals surface area contributed by atoms with E-state index in [-0.39, 0.29) is 0 Å². The molecule has 0 saturated carbocycles. The van der Waals surface area contributed by atoms with E-state index < -0.39 is 0 Å². The first-order valence-electron chi connectivity index (χ1n) is 9.19. The molecule has 1 unspecified atom stereocenters. The lowest BCUT2D eigenvalue weighted by molar-refractivity contribution is 0.954. The molecule has 0 N–H and O–H groups in total. The average Bonchev–Trinajstić information content (AvgIpc) is 2.82. The van der Waals surface area contributed by atoms with Crippen LogP contribution in [0.4, 0.5) is 0 Å². The van der Waals surface area contributed by atoms with Gasteiger partial charge >= 0.3 is 0 Å². The minimum absolute atomic E-state index is 0.471. The summed E-state index contributed by atoms with van der Waals surface area (Å²) in [5.41, 5.74) is 3.87. The molecule has 25 heavy (non-hydrogen) atoms. The van der Waals surface area contributed by atoms with Crippen molar-refractivity contribution in [3.8, 4) is 0 Å². The van der Waals surface area contributed by atoms with Crippen molar-refractivity contribution in [1.82, 2.24) is 0 Å². The van der Waals surface area contributed by atoms with Gasteiger partial charge in [-0.25, -0.2) is 0 Å². The van der Waals surface area contributed by atoms with Crippen LogP contribution in [0.1, 0.15) is 44.4 Å². The number of hydrogen-bond acceptors (Lipinski definition) is 0. The Morgan fingerprint density at radius 1 is 0.960 bits per heavy atom. The molecule has 0 saturated heterocycles. The summed E-state index contributed by atoms with van der Waals surface area (Å²) in [5.74, 6) is 0.471. The Kier molecular flexibility index (Phi) is 4.90. The van der Waals surface area contributed by atoms with E-state index in [4.69, 9.17) is 0 Å². The van der Waals surface area contributed by atoms with Crippen LogP contribution in [0.25, 0.3) is 46.4 Å². The summed E-state index contributed by atoms with van der Waals surface area (Å²) in [7, 11) is 0. The predicted molar refractivity (Wildman–Crippen MR) is 115 cm³/mol. The third kappa shape index (κ3) is 2.93. The van der Waals surface area contributed by atoms with Gasteiger partial charge in [0, 0.05) is 0 Å². The fourth-order valence-electron chi connectivity index (χ4n) is 3.58. The molecule has 1 aliphatic carbocycles. The molecule has 1 aliphatic rings. The van der Waals surface area contributed by atoms with E-state index >= 15 is 0 Å². The van der Waals surface area contributed by atoms with E-state index in [0.717, 1.165) is 5.22 Å². The molecule has 126 valence electrons. The maximum absolute atomic E-state index is 4.27. The highest BCUT2D eigenvalue weighted by Gasteiger charge is 2.13. The first-order valence-corrected chi connectivity index (χ1v) is 9.19. The van der Waals surface area contributed by atoms with E-state index in [2.05, 4.69) is 87.2 Å². The summed E-state index contributed by atoms with van der Waals surface area (Å²) < 4.78 is 0. The summed E-state index contributed by atoms with van der Waals surface area (Å²) >= 11 is 0. The van der Waals surface area contributed by atoms with Gasteiger partial charge in [-0.05, 0) is 62.4 Å². The smallest absolute Gasteiger partial charge is 0.00206 e. The van der Waals surface area contributed by atoms with Crippen molar-refractivity contribution < 1.29 is 0 Å². The second-order valence-corrected chi connectivity index (χ2v) is 6.36. The van der Waals surface area contributed by atoms with Crippen molar-refractivity contribution >= 4 is 46.4 Å². The highest BCUT2D eigenvalue weighted by molar-refractivity contribution is 6.16. The molecule has 0 aliphatic heterocycles. The first-order chi connectivity index (χ1) is 12.2. The molecule has 0 heteroatoms. The number of benzene rings is 3. The lowest BCUT2D eigenvalue weighted by Crippen LogP contribution is -2.02. The highest BCUT2D eigenvalue weighted by atomic mass is 14.2. The summed E-state index contributed by atoms with van der Waals surface area (Å²) in [6, 6.07) is 11.1. The Hall–Kier alpha value is -2.60. The van der Waals surface area contributed by atoms with Crippen LogP contribution < -0.4 is 5.22 Å². The Morgan fingerprint density at radius 3 is 2.48 bits per heavy atom. The molecular weight excluding hydrogens is 300 g/mol. The van der Waals surface area contributed by atoms with Crippen molar-refractivity contribution in [2.75, 3.05) is 0 Å². The molecule has 0 radical (unpaired) electrons. The standard InChI is InChI=1S/C23H20.C2H6/c1-4-5-17-11-13-21-20-12-7-15(2)6-9-18(20)14-19-10-8-16(3)22(17)23(19)21;1-2/h4-15H,3H2,1-2H3;1-2H3/b5-4-;. The van der Waals surface area contributed by atoms with Crippen molar-refractivity contribution in [1.29, 1.82) is 0 Å². The zero-order chi connectivity index (χ0) is 18.0. The second kappa shape index (κ2) is 7.11. The molecular formula is C25H26. The van der Waals surface area contributed by atoms with Crippen LogP contribution in [0.5, 0.6) is 0 Å². The molecule has 1 atom stereocenters. The van der Waals surface area contributed by atoms with Crippen LogP contribution >= 0.6 is 0 Å². The molecule has 0 fully saturated rings. The van der Waals surface area contributed by atoms with Crippen LogP contribution in [-0.4, -0.2) is 0 Å². The quantitative estimate of drug-likeness (QED) is 0.458. The maximum Gasteiger partial charge on any atom is -0.00206 e. The highest BCUT2D eigenvalue weighted by Crippen LogP contribution is 2.35. The molecule has 3 aromatic carbocycles. The Balaban J connectivity index is 0.000000880. The lowest BCUT2D eigenvalue weighted by atomic mass is 9.90. The molecule has 0 spiro atoms. The van der Waals surface area contributed by atoms with Gasteiger partial charge in [-0.1, -0.05) is 88.1 Å². The fraction of sp³-hybridized carbons (Fsp3) is 0.200. The van der Waals surface area contributed by atoms with E-state index in [1.54, 1.807) is 0 Å². The summed E-state index contributed by atoms with van der Waals surface area (Å²) in [4.78, 5) is 0. The zero-order valence-electron chi connectivity index (χ0n) is 15.6. The second-order valence-electron chi connectivity index (χ2n) is 6.36. The molecule has 0 bridgehead atoms. The van der Waals surface area contributed by atoms with Gasteiger partial charge in [0.15, 0.2) is 0 Å². The van der Waals surface area contributed by atoms with Gasteiger partial charge in [0.25, 0.3) is 0 Å². The molecule has 0 nitrogen and oxygen atoms in total. The minimum atomic E-state index is 0.471. The number of rotatable bonds is 1. The molecule has 0 aromatic heterocycles. The SMILES string of the molecule is C=c1ccc2cc3c(c4ccc(/C=C\C)c1c24)C=CC(C)C=C3.CC. The third-order valence-electron chi connectivity index (χ3n) is 4.72. The normalized spacial score (nSPS) is 16.1. The van der Waals surface area contributed by atoms with Gasteiger partial charge in [-0.3, -0.25) is 0 Å². The fourth-order valence-corrected chi connectivity index (χ4v) is 3.58. The monoisotopic (exact) mass is 326 g/mol. The molecule has 4 rings (SSSR count). The van der Waals surface area contributed by atoms with Crippen LogP contribution in [0.15, 0.2) is 48.6 Å². The van der Waals surface area contributed by atoms with Gasteiger partial charge in [0.2, 0.25) is 0 Å². The maximum atomic E-state index is 4.27. The molecule has 0 amide bonds. The van der Waals surface area contributed by atoms with Crippen LogP contribution in [0.2, 0.25) is 0 Å². The molecule has 0 heterocycles. The first kappa shape index (κ1) is 17.2. The Labute approximate surface area is 150 Å². The third-order valence-corrected chi connectivity index (χ3v) is 4.72. The van der Waals surface area contributed by atoms with Gasteiger partial charge in [0.1, 0.15) is 0 Å². The topological polar surface area (TPSA) is 0 Å². The van der Waals surface area contributed by atoms with Gasteiger partial charge in [0.05, 0.1) is 0 Å². The summed E-state index contributed by atoms with van der Waals surface area (Å²) in [6.45, 7) is 12.6. The van der Waals surface area contributed by atoms with Crippen molar-refractivity contribution in [2.45, 2.75) is 27.7 Å². The van der Waals surface area contributed by atoms with Crippen LogP contribution in [0.3, 0.4) is 0 Å². The van der Waals surface area contributed by atoms with Gasteiger partial charge in [-0.2, -0.15) is 0 Å². The van der Waals surface area contributed by atoms with E-state index in [0.29, 0.717) is 5.92 Å². The Bertz CT molecular complexity index is 1050. The zero-order valence-corrected chi connectivity index (χ0v) is 15.6. The van der Waals surface area contributed by atoms with Gasteiger partial charge in [-0.15, -0.1) is 0 Å². The summed E-state index contributed by atoms with van der Waals surface area (Å²) in [5, 5.41) is 6.31. The van der Waals surface area contributed by atoms with Gasteiger partial charge < -0.3 is 0 Å². The van der Waals surface area contributed by atoms with E-state index in [1.165, 1.54) is 38.2 Å².